The zero-order chi connectivity index (χ0) is 13.2. The highest BCUT2D eigenvalue weighted by atomic mass is 13.9. The van der Waals surface area contributed by atoms with E-state index in [9.17, 15) is 0 Å². The Morgan fingerprint density at radius 2 is 1.16 bits per heavy atom. The highest BCUT2D eigenvalue weighted by Gasteiger charge is 1.78. The van der Waals surface area contributed by atoms with Crippen molar-refractivity contribution >= 4 is 12.2 Å². The van der Waals surface area contributed by atoms with Crippen LogP contribution in [-0.2, 0) is 0 Å². The topological polar surface area (TPSA) is 0 Å². The van der Waals surface area contributed by atoms with E-state index in [1.54, 1.807) is 0 Å². The molecule has 2 rings (SSSR count). The van der Waals surface area contributed by atoms with Crippen LogP contribution in [0.2, 0.25) is 0 Å². The van der Waals surface area contributed by atoms with Crippen molar-refractivity contribution in [3.8, 4) is 0 Å². The average molecular weight is 245 g/mol. The van der Waals surface area contributed by atoms with Crippen LogP contribution in [-0.4, -0.2) is 0 Å². The van der Waals surface area contributed by atoms with Gasteiger partial charge in [-0.3, -0.25) is 0 Å². The van der Waals surface area contributed by atoms with Gasteiger partial charge in [0.2, 0.25) is 0 Å². The maximum absolute atomic E-state index is 2.09. The Hall–Kier alpha value is -2.47. The second-order valence-electron chi connectivity index (χ2n) is 4.12. The molecule has 0 saturated carbocycles. The second-order valence-corrected chi connectivity index (χ2v) is 4.12. The molecule has 0 fully saturated rings. The quantitative estimate of drug-likeness (QED) is 0.503. The lowest BCUT2D eigenvalue weighted by Gasteiger charge is -1.95. The summed E-state index contributed by atoms with van der Waals surface area (Å²) in [5.74, 6) is 0. The Labute approximate surface area is 115 Å². The van der Waals surface area contributed by atoms with Gasteiger partial charge in [-0.05, 0) is 5.56 Å². The molecule has 2 aromatic carbocycles. The van der Waals surface area contributed by atoms with Crippen LogP contribution in [0.3, 0.4) is 0 Å². The molecule has 0 aliphatic rings. The third-order valence-corrected chi connectivity index (χ3v) is 2.62. The first kappa shape index (κ1) is 13.0. The number of hydrogen-bond acceptors (Lipinski definition) is 0. The van der Waals surface area contributed by atoms with E-state index in [0.717, 1.165) is 0 Å². The summed E-state index contributed by atoms with van der Waals surface area (Å²) in [5.41, 5.74) is 2.43. The van der Waals surface area contributed by atoms with Crippen molar-refractivity contribution in [3.63, 3.8) is 0 Å². The van der Waals surface area contributed by atoms with Crippen molar-refractivity contribution in [2.45, 2.75) is 0 Å². The first-order valence-corrected chi connectivity index (χ1v) is 6.40. The molecular formula is C19H17-. The van der Waals surface area contributed by atoms with Crippen LogP contribution in [0.5, 0.6) is 0 Å². The van der Waals surface area contributed by atoms with Crippen molar-refractivity contribution in [2.24, 2.45) is 0 Å². The molecule has 19 heavy (non-hydrogen) atoms. The molecule has 0 amide bonds. The Bertz CT molecular complexity index is 545. The second kappa shape index (κ2) is 7.78. The van der Waals surface area contributed by atoms with Gasteiger partial charge in [-0.2, -0.15) is 30.7 Å². The van der Waals surface area contributed by atoms with Crippen LogP contribution >= 0.6 is 0 Å². The molecule has 0 saturated heterocycles. The van der Waals surface area contributed by atoms with Crippen molar-refractivity contribution in [3.05, 3.63) is 103 Å². The average Bonchev–Trinajstić information content (AvgIpc) is 2.48. The van der Waals surface area contributed by atoms with Crippen molar-refractivity contribution in [1.29, 1.82) is 0 Å². The number of benzene rings is 2. The van der Waals surface area contributed by atoms with E-state index in [1.165, 1.54) is 11.1 Å². The lowest BCUT2D eigenvalue weighted by molar-refractivity contribution is 1.65. The third-order valence-electron chi connectivity index (χ3n) is 2.62. The van der Waals surface area contributed by atoms with Gasteiger partial charge in [-0.1, -0.05) is 72.3 Å². The van der Waals surface area contributed by atoms with Gasteiger partial charge in [-0.25, -0.2) is 0 Å². The van der Waals surface area contributed by atoms with E-state index in [1.807, 2.05) is 67.1 Å². The molecule has 0 unspecified atom stereocenters. The molecule has 0 aliphatic carbocycles. The van der Waals surface area contributed by atoms with Gasteiger partial charge in [0.15, 0.2) is 0 Å². The van der Waals surface area contributed by atoms with E-state index in [-0.39, 0.29) is 0 Å². The summed E-state index contributed by atoms with van der Waals surface area (Å²) in [7, 11) is 0. The number of rotatable bonds is 5. The van der Waals surface area contributed by atoms with Crippen molar-refractivity contribution < 1.29 is 0 Å². The fourth-order valence-corrected chi connectivity index (χ4v) is 1.65. The fraction of sp³-hybridized carbons (Fsp3) is 0. The largest absolute Gasteiger partial charge is 0.172 e. The molecule has 94 valence electrons. The number of allylic oxidation sites excluding steroid dienone is 4. The first-order valence-electron chi connectivity index (χ1n) is 6.40. The van der Waals surface area contributed by atoms with E-state index in [4.69, 9.17) is 0 Å². The molecular weight excluding hydrogens is 228 g/mol. The van der Waals surface area contributed by atoms with Gasteiger partial charge in [0, 0.05) is 0 Å². The van der Waals surface area contributed by atoms with Gasteiger partial charge in [0.25, 0.3) is 0 Å². The first-order chi connectivity index (χ1) is 9.45. The molecule has 0 heteroatoms. The predicted octanol–water partition coefficient (Wildman–Crippen LogP) is 5.17. The van der Waals surface area contributed by atoms with E-state index < -0.39 is 0 Å². The standard InChI is InChI=1S/C19H17/c1(2-6-12-18-14-8-4-9-15-18)3-7-13-19-16-10-5-11-17-19/h1-17H/q-1/b2-1+,12-6+,13-7+. The third kappa shape index (κ3) is 5.13. The summed E-state index contributed by atoms with van der Waals surface area (Å²) >= 11 is 0. The summed E-state index contributed by atoms with van der Waals surface area (Å²) in [6.45, 7) is 0. The molecule has 0 N–H and O–H groups in total. The Balaban J connectivity index is 1.75. The molecule has 2 aromatic rings. The zero-order valence-electron chi connectivity index (χ0n) is 10.8. The molecule has 0 nitrogen and oxygen atoms in total. The highest BCUT2D eigenvalue weighted by molar-refractivity contribution is 5.52. The zero-order valence-corrected chi connectivity index (χ0v) is 10.8. The maximum atomic E-state index is 2.09. The van der Waals surface area contributed by atoms with Gasteiger partial charge in [0.05, 0.1) is 0 Å². The molecule has 0 bridgehead atoms. The summed E-state index contributed by atoms with van der Waals surface area (Å²) < 4.78 is 0. The minimum absolute atomic E-state index is 1.21. The van der Waals surface area contributed by atoms with Gasteiger partial charge in [-0.15, -0.1) is 6.08 Å². The molecule has 0 heterocycles. The van der Waals surface area contributed by atoms with Gasteiger partial charge in [0.1, 0.15) is 0 Å². The SMILES string of the molecule is C(/C=C/c1ccccc1)=C\[CH-]/C=C/c1ccccc1. The Morgan fingerprint density at radius 1 is 0.579 bits per heavy atom. The fourth-order valence-electron chi connectivity index (χ4n) is 1.65. The summed E-state index contributed by atoms with van der Waals surface area (Å²) in [4.78, 5) is 0. The summed E-state index contributed by atoms with van der Waals surface area (Å²) in [6, 6.07) is 20.6. The van der Waals surface area contributed by atoms with Crippen LogP contribution in [0.15, 0.2) is 85.0 Å². The van der Waals surface area contributed by atoms with E-state index >= 15 is 0 Å². The minimum Gasteiger partial charge on any atom is -0.172 e. The van der Waals surface area contributed by atoms with Gasteiger partial charge >= 0.3 is 0 Å². The van der Waals surface area contributed by atoms with Gasteiger partial charge < -0.3 is 0 Å². The van der Waals surface area contributed by atoms with Crippen LogP contribution in [0.4, 0.5) is 0 Å². The van der Waals surface area contributed by atoms with Crippen LogP contribution in [0.1, 0.15) is 11.1 Å². The lowest BCUT2D eigenvalue weighted by Crippen LogP contribution is -1.68. The molecule has 0 aromatic heterocycles. The summed E-state index contributed by atoms with van der Waals surface area (Å²) in [5, 5.41) is 0. The molecule has 0 atom stereocenters. The van der Waals surface area contributed by atoms with E-state index in [2.05, 4.69) is 36.4 Å². The highest BCUT2D eigenvalue weighted by Crippen LogP contribution is 2.03. The maximum Gasteiger partial charge on any atom is -0.0267 e. The molecule has 0 spiro atoms. The lowest BCUT2D eigenvalue weighted by atomic mass is 10.2. The van der Waals surface area contributed by atoms with Crippen LogP contribution in [0.25, 0.3) is 12.2 Å². The monoisotopic (exact) mass is 245 g/mol. The summed E-state index contributed by atoms with van der Waals surface area (Å²) in [6.07, 6.45) is 14.4. The van der Waals surface area contributed by atoms with Crippen LogP contribution < -0.4 is 0 Å². The van der Waals surface area contributed by atoms with Crippen LogP contribution in [0, 0.1) is 6.42 Å². The Morgan fingerprint density at radius 3 is 1.79 bits per heavy atom. The molecule has 0 aliphatic heterocycles. The predicted molar refractivity (Wildman–Crippen MR) is 84.4 cm³/mol. The Kier molecular flexibility index (Phi) is 5.31. The van der Waals surface area contributed by atoms with Crippen molar-refractivity contribution in [2.75, 3.05) is 0 Å². The number of hydrogen-bond donors (Lipinski definition) is 0. The van der Waals surface area contributed by atoms with Crippen molar-refractivity contribution in [1.82, 2.24) is 0 Å². The van der Waals surface area contributed by atoms with E-state index in [0.29, 0.717) is 0 Å². The normalized spacial score (nSPS) is 11.6. The molecule has 0 radical (unpaired) electrons. The smallest absolute Gasteiger partial charge is 0.0267 e. The minimum atomic E-state index is 1.21.